The van der Waals surface area contributed by atoms with E-state index >= 15 is 0 Å². The number of hydrogen-bond acceptors (Lipinski definition) is 6. The van der Waals surface area contributed by atoms with Crippen LogP contribution in [0.15, 0.2) is 29.5 Å². The summed E-state index contributed by atoms with van der Waals surface area (Å²) < 4.78 is 12.9. The van der Waals surface area contributed by atoms with Gasteiger partial charge >= 0.3 is 0 Å². The van der Waals surface area contributed by atoms with Crippen molar-refractivity contribution in [3.63, 3.8) is 0 Å². The molecule has 2 aromatic heterocycles. The van der Waals surface area contributed by atoms with Gasteiger partial charge < -0.3 is 14.8 Å². The van der Waals surface area contributed by atoms with Crippen molar-refractivity contribution < 1.29 is 9.47 Å². The molecular formula is C17H21N5O2. The first kappa shape index (κ1) is 15.1. The summed E-state index contributed by atoms with van der Waals surface area (Å²) in [6, 6.07) is 4.18. The van der Waals surface area contributed by atoms with Crippen molar-refractivity contribution in [2.45, 2.75) is 31.8 Å². The lowest BCUT2D eigenvalue weighted by Crippen LogP contribution is -2.26. The standard InChI is InChI=1S/C17H21N5O2/c1-23-15-3-2-6-18-14(15)9-16-19-10-12-11-20-22(17(12)21-16)13-4-7-24-8-5-13/h2-3,6,11,13H,4-5,7-10H2,1H3,(H,19,21). The van der Waals surface area contributed by atoms with Crippen LogP contribution in [0, 0.1) is 0 Å². The third-order valence-electron chi connectivity index (χ3n) is 4.51. The van der Waals surface area contributed by atoms with Gasteiger partial charge in [0.05, 0.1) is 38.0 Å². The first-order chi connectivity index (χ1) is 11.8. The van der Waals surface area contributed by atoms with Crippen LogP contribution in [0.5, 0.6) is 5.75 Å². The van der Waals surface area contributed by atoms with E-state index < -0.39 is 0 Å². The Morgan fingerprint density at radius 3 is 3.08 bits per heavy atom. The Balaban J connectivity index is 1.54. The monoisotopic (exact) mass is 327 g/mol. The lowest BCUT2D eigenvalue weighted by Gasteiger charge is -2.26. The number of rotatable bonds is 4. The molecule has 2 aromatic rings. The maximum Gasteiger partial charge on any atom is 0.140 e. The van der Waals surface area contributed by atoms with E-state index in [0.29, 0.717) is 19.0 Å². The summed E-state index contributed by atoms with van der Waals surface area (Å²) in [5, 5.41) is 8.04. The predicted octanol–water partition coefficient (Wildman–Crippen LogP) is 2.20. The van der Waals surface area contributed by atoms with Crippen LogP contribution in [-0.4, -0.2) is 40.9 Å². The van der Waals surface area contributed by atoms with Crippen molar-refractivity contribution in [3.05, 3.63) is 35.8 Å². The minimum Gasteiger partial charge on any atom is -0.495 e. The number of ether oxygens (including phenoxy) is 2. The second-order valence-electron chi connectivity index (χ2n) is 6.02. The number of aromatic nitrogens is 3. The number of nitrogens with one attached hydrogen (secondary N) is 1. The van der Waals surface area contributed by atoms with Crippen molar-refractivity contribution in [1.29, 1.82) is 0 Å². The van der Waals surface area contributed by atoms with Gasteiger partial charge in [0, 0.05) is 25.0 Å². The number of aliphatic imine (C=N–C) groups is 1. The highest BCUT2D eigenvalue weighted by atomic mass is 16.5. The highest BCUT2D eigenvalue weighted by Crippen LogP contribution is 2.29. The second kappa shape index (κ2) is 6.60. The van der Waals surface area contributed by atoms with Gasteiger partial charge in [-0.15, -0.1) is 0 Å². The molecule has 0 aliphatic carbocycles. The average molecular weight is 327 g/mol. The van der Waals surface area contributed by atoms with Crippen LogP contribution < -0.4 is 10.1 Å². The van der Waals surface area contributed by atoms with E-state index in [1.54, 1.807) is 13.3 Å². The van der Waals surface area contributed by atoms with Gasteiger partial charge in [0.15, 0.2) is 0 Å². The van der Waals surface area contributed by atoms with E-state index in [1.165, 1.54) is 0 Å². The fraction of sp³-hybridized carbons (Fsp3) is 0.471. The summed E-state index contributed by atoms with van der Waals surface area (Å²) in [7, 11) is 1.66. The summed E-state index contributed by atoms with van der Waals surface area (Å²) >= 11 is 0. The number of fused-ring (bicyclic) bond motifs is 1. The number of amidine groups is 1. The smallest absolute Gasteiger partial charge is 0.140 e. The molecule has 0 spiro atoms. The molecule has 126 valence electrons. The molecule has 4 heterocycles. The third kappa shape index (κ3) is 2.87. The van der Waals surface area contributed by atoms with Gasteiger partial charge in [0.25, 0.3) is 0 Å². The molecule has 0 atom stereocenters. The molecule has 0 radical (unpaired) electrons. The molecule has 0 saturated carbocycles. The highest BCUT2D eigenvalue weighted by molar-refractivity contribution is 5.98. The quantitative estimate of drug-likeness (QED) is 0.932. The summed E-state index contributed by atoms with van der Waals surface area (Å²) in [6.45, 7) is 2.24. The van der Waals surface area contributed by atoms with Gasteiger partial charge in [-0.25, -0.2) is 4.68 Å². The maximum atomic E-state index is 5.46. The van der Waals surface area contributed by atoms with Crippen LogP contribution in [0.2, 0.25) is 0 Å². The van der Waals surface area contributed by atoms with Gasteiger partial charge in [0.1, 0.15) is 17.4 Å². The molecule has 1 N–H and O–H groups in total. The topological polar surface area (TPSA) is 73.6 Å². The molecule has 2 aliphatic rings. The molecule has 24 heavy (non-hydrogen) atoms. The van der Waals surface area contributed by atoms with Crippen molar-refractivity contribution in [2.75, 3.05) is 25.6 Å². The molecule has 2 aliphatic heterocycles. The zero-order chi connectivity index (χ0) is 16.4. The summed E-state index contributed by atoms with van der Waals surface area (Å²) in [5.74, 6) is 2.74. The highest BCUT2D eigenvalue weighted by Gasteiger charge is 2.24. The Bertz CT molecular complexity index is 749. The largest absolute Gasteiger partial charge is 0.495 e. The van der Waals surface area contributed by atoms with Crippen LogP contribution in [0.1, 0.15) is 30.1 Å². The molecule has 0 amide bonds. The molecule has 7 heteroatoms. The number of nitrogens with zero attached hydrogens (tertiary/aromatic N) is 4. The molecule has 0 bridgehead atoms. The molecule has 0 aromatic carbocycles. The van der Waals surface area contributed by atoms with Crippen molar-refractivity contribution >= 4 is 11.7 Å². The average Bonchev–Trinajstić information content (AvgIpc) is 3.06. The van der Waals surface area contributed by atoms with E-state index in [9.17, 15) is 0 Å². The van der Waals surface area contributed by atoms with Gasteiger partial charge in [-0.1, -0.05) is 0 Å². The molecule has 1 fully saturated rings. The summed E-state index contributed by atoms with van der Waals surface area (Å²) in [6.07, 6.45) is 6.30. The fourth-order valence-electron chi connectivity index (χ4n) is 3.22. The Morgan fingerprint density at radius 1 is 1.38 bits per heavy atom. The van der Waals surface area contributed by atoms with Crippen molar-refractivity contribution in [3.8, 4) is 5.75 Å². The number of hydrogen-bond donors (Lipinski definition) is 1. The minimum absolute atomic E-state index is 0.388. The first-order valence-electron chi connectivity index (χ1n) is 8.27. The maximum absolute atomic E-state index is 5.46. The number of anilines is 1. The van der Waals surface area contributed by atoms with Gasteiger partial charge in [-0.3, -0.25) is 9.98 Å². The van der Waals surface area contributed by atoms with Crippen molar-refractivity contribution in [1.82, 2.24) is 14.8 Å². The van der Waals surface area contributed by atoms with Crippen LogP contribution in [0.25, 0.3) is 0 Å². The van der Waals surface area contributed by atoms with E-state index in [1.807, 2.05) is 18.3 Å². The Kier molecular flexibility index (Phi) is 4.17. The van der Waals surface area contributed by atoms with Crippen LogP contribution in [0.3, 0.4) is 0 Å². The Hall–Kier alpha value is -2.41. The lowest BCUT2D eigenvalue weighted by atomic mass is 10.1. The predicted molar refractivity (Wildman–Crippen MR) is 90.6 cm³/mol. The van der Waals surface area contributed by atoms with E-state index in [0.717, 1.165) is 54.7 Å². The van der Waals surface area contributed by atoms with Gasteiger partial charge in [0.2, 0.25) is 0 Å². The van der Waals surface area contributed by atoms with E-state index in [2.05, 4.69) is 25.1 Å². The minimum atomic E-state index is 0.388. The van der Waals surface area contributed by atoms with Crippen LogP contribution in [-0.2, 0) is 17.7 Å². The molecule has 1 saturated heterocycles. The third-order valence-corrected chi connectivity index (χ3v) is 4.51. The lowest BCUT2D eigenvalue weighted by molar-refractivity contribution is 0.0668. The van der Waals surface area contributed by atoms with Gasteiger partial charge in [-0.2, -0.15) is 5.10 Å². The van der Waals surface area contributed by atoms with Crippen molar-refractivity contribution in [2.24, 2.45) is 4.99 Å². The number of methoxy groups -OCH3 is 1. The SMILES string of the molecule is COc1cccnc1CC1=NCc2cnn(C3CCOCC3)c2N1. The molecular weight excluding hydrogens is 306 g/mol. The van der Waals surface area contributed by atoms with E-state index in [4.69, 9.17) is 9.47 Å². The second-order valence-corrected chi connectivity index (χ2v) is 6.02. The van der Waals surface area contributed by atoms with E-state index in [-0.39, 0.29) is 0 Å². The molecule has 4 rings (SSSR count). The fourth-order valence-corrected chi connectivity index (χ4v) is 3.22. The van der Waals surface area contributed by atoms with Crippen LogP contribution in [0.4, 0.5) is 5.82 Å². The summed E-state index contributed by atoms with van der Waals surface area (Å²) in [4.78, 5) is 9.05. The Morgan fingerprint density at radius 2 is 2.25 bits per heavy atom. The molecule has 7 nitrogen and oxygen atoms in total. The Labute approximate surface area is 140 Å². The normalized spacial score (nSPS) is 17.8. The summed E-state index contributed by atoms with van der Waals surface area (Å²) in [5.41, 5.74) is 2.02. The van der Waals surface area contributed by atoms with Crippen LogP contribution >= 0.6 is 0 Å². The van der Waals surface area contributed by atoms with Gasteiger partial charge in [-0.05, 0) is 25.0 Å². The number of pyridine rings is 1. The first-order valence-corrected chi connectivity index (χ1v) is 8.27. The zero-order valence-corrected chi connectivity index (χ0v) is 13.7. The molecule has 0 unspecified atom stereocenters. The zero-order valence-electron chi connectivity index (χ0n) is 13.7.